The van der Waals surface area contributed by atoms with Gasteiger partial charge in [0.1, 0.15) is 0 Å². The van der Waals surface area contributed by atoms with E-state index in [0.717, 1.165) is 6.42 Å². The molecule has 0 amide bonds. The normalized spacial score (nSPS) is 21.8. The maximum Gasteiger partial charge on any atom is 0.261 e. The lowest BCUT2D eigenvalue weighted by atomic mass is 10.2. The van der Waals surface area contributed by atoms with Crippen molar-refractivity contribution in [3.8, 4) is 0 Å². The SMILES string of the molecule is CC(C)(C)[Si](O[C@@H]1CCOC1O)(c1ccccc1)c1ccccc1. The minimum absolute atomic E-state index is 0.0853. The summed E-state index contributed by atoms with van der Waals surface area (Å²) in [5.41, 5.74) is 0. The zero-order chi connectivity index (χ0) is 17.2. The molecular formula is C20H26O3Si. The summed E-state index contributed by atoms with van der Waals surface area (Å²) in [6, 6.07) is 21.0. The first-order valence-electron chi connectivity index (χ1n) is 8.54. The fourth-order valence-corrected chi connectivity index (χ4v) is 8.29. The fraction of sp³-hybridized carbons (Fsp3) is 0.400. The zero-order valence-electron chi connectivity index (χ0n) is 14.6. The van der Waals surface area contributed by atoms with Gasteiger partial charge in [-0.2, -0.15) is 0 Å². The molecule has 1 heterocycles. The second-order valence-corrected chi connectivity index (χ2v) is 11.6. The van der Waals surface area contributed by atoms with Crippen molar-refractivity contribution in [1.29, 1.82) is 0 Å². The van der Waals surface area contributed by atoms with Crippen LogP contribution in [0.4, 0.5) is 0 Å². The van der Waals surface area contributed by atoms with Gasteiger partial charge in [0, 0.05) is 6.42 Å². The first kappa shape index (κ1) is 17.4. The van der Waals surface area contributed by atoms with E-state index in [1.54, 1.807) is 0 Å². The molecule has 2 atom stereocenters. The Bertz CT molecular complexity index is 612. The van der Waals surface area contributed by atoms with Crippen molar-refractivity contribution in [3.63, 3.8) is 0 Å². The van der Waals surface area contributed by atoms with Crippen LogP contribution in [0.25, 0.3) is 0 Å². The summed E-state index contributed by atoms with van der Waals surface area (Å²) in [5.74, 6) is 0. The van der Waals surface area contributed by atoms with Crippen LogP contribution in [-0.4, -0.2) is 32.4 Å². The van der Waals surface area contributed by atoms with Crippen LogP contribution in [0.15, 0.2) is 60.7 Å². The lowest BCUT2D eigenvalue weighted by Crippen LogP contribution is -2.68. The third-order valence-corrected chi connectivity index (χ3v) is 9.82. The summed E-state index contributed by atoms with van der Waals surface area (Å²) >= 11 is 0. The number of hydrogen-bond acceptors (Lipinski definition) is 3. The smallest absolute Gasteiger partial charge is 0.261 e. The first-order chi connectivity index (χ1) is 11.4. The highest BCUT2D eigenvalue weighted by atomic mass is 28.4. The Labute approximate surface area is 145 Å². The highest BCUT2D eigenvalue weighted by molar-refractivity contribution is 6.99. The molecule has 0 aromatic heterocycles. The monoisotopic (exact) mass is 342 g/mol. The molecule has 0 bridgehead atoms. The number of aliphatic hydroxyl groups excluding tert-OH is 1. The van der Waals surface area contributed by atoms with E-state index in [1.165, 1.54) is 10.4 Å². The minimum Gasteiger partial charge on any atom is -0.399 e. The Morgan fingerprint density at radius 1 is 0.958 bits per heavy atom. The highest BCUT2D eigenvalue weighted by Crippen LogP contribution is 2.38. The van der Waals surface area contributed by atoms with Crippen LogP contribution in [0, 0.1) is 0 Å². The lowest BCUT2D eigenvalue weighted by molar-refractivity contribution is -0.103. The van der Waals surface area contributed by atoms with Gasteiger partial charge in [-0.1, -0.05) is 81.4 Å². The Morgan fingerprint density at radius 2 is 1.46 bits per heavy atom. The van der Waals surface area contributed by atoms with Crippen LogP contribution in [0.3, 0.4) is 0 Å². The molecule has 24 heavy (non-hydrogen) atoms. The predicted octanol–water partition coefficient (Wildman–Crippen LogP) is 2.67. The topological polar surface area (TPSA) is 38.7 Å². The average molecular weight is 343 g/mol. The zero-order valence-corrected chi connectivity index (χ0v) is 15.6. The van der Waals surface area contributed by atoms with Crippen LogP contribution >= 0.6 is 0 Å². The van der Waals surface area contributed by atoms with Gasteiger partial charge in [-0.25, -0.2) is 0 Å². The predicted molar refractivity (Wildman–Crippen MR) is 99.1 cm³/mol. The maximum atomic E-state index is 10.2. The third kappa shape index (κ3) is 3.07. The van der Waals surface area contributed by atoms with Crippen molar-refractivity contribution in [3.05, 3.63) is 60.7 Å². The molecular weight excluding hydrogens is 316 g/mol. The van der Waals surface area contributed by atoms with E-state index in [-0.39, 0.29) is 11.1 Å². The number of hydrogen-bond donors (Lipinski definition) is 1. The van der Waals surface area contributed by atoms with Gasteiger partial charge >= 0.3 is 0 Å². The van der Waals surface area contributed by atoms with Crippen molar-refractivity contribution < 1.29 is 14.3 Å². The molecule has 0 radical (unpaired) electrons. The minimum atomic E-state index is -2.60. The lowest BCUT2D eigenvalue weighted by Gasteiger charge is -2.44. The molecule has 2 aromatic rings. The quantitative estimate of drug-likeness (QED) is 0.868. The molecule has 1 aliphatic rings. The van der Waals surface area contributed by atoms with Crippen molar-refractivity contribution >= 4 is 18.7 Å². The molecule has 2 aromatic carbocycles. The fourth-order valence-electron chi connectivity index (χ4n) is 3.59. The van der Waals surface area contributed by atoms with Crippen molar-refractivity contribution in [1.82, 2.24) is 0 Å². The Hall–Kier alpha value is -1.46. The van der Waals surface area contributed by atoms with Gasteiger partial charge in [0.15, 0.2) is 6.29 Å². The van der Waals surface area contributed by atoms with Crippen molar-refractivity contribution in [2.75, 3.05) is 6.61 Å². The first-order valence-corrected chi connectivity index (χ1v) is 10.4. The van der Waals surface area contributed by atoms with Gasteiger partial charge in [-0.05, 0) is 15.4 Å². The van der Waals surface area contributed by atoms with Gasteiger partial charge in [0.2, 0.25) is 0 Å². The van der Waals surface area contributed by atoms with Crippen LogP contribution in [0.1, 0.15) is 27.2 Å². The van der Waals surface area contributed by atoms with E-state index < -0.39 is 14.6 Å². The molecule has 3 nitrogen and oxygen atoms in total. The number of aliphatic hydroxyl groups is 1. The van der Waals surface area contributed by atoms with Crippen LogP contribution in [-0.2, 0) is 9.16 Å². The molecule has 1 N–H and O–H groups in total. The Kier molecular flexibility index (Phi) is 4.92. The molecule has 1 unspecified atom stereocenters. The van der Waals surface area contributed by atoms with E-state index >= 15 is 0 Å². The van der Waals surface area contributed by atoms with Crippen LogP contribution in [0.5, 0.6) is 0 Å². The van der Waals surface area contributed by atoms with Crippen LogP contribution < -0.4 is 10.4 Å². The average Bonchev–Trinajstić information content (AvgIpc) is 2.98. The molecule has 0 spiro atoms. The van der Waals surface area contributed by atoms with E-state index in [2.05, 4.69) is 69.3 Å². The summed E-state index contributed by atoms with van der Waals surface area (Å²) < 4.78 is 12.2. The van der Waals surface area contributed by atoms with E-state index in [9.17, 15) is 5.11 Å². The van der Waals surface area contributed by atoms with Gasteiger partial charge in [-0.15, -0.1) is 0 Å². The van der Waals surface area contributed by atoms with E-state index in [1.807, 2.05) is 12.1 Å². The molecule has 1 saturated heterocycles. The van der Waals surface area contributed by atoms with Crippen molar-refractivity contribution in [2.45, 2.75) is 44.6 Å². The van der Waals surface area contributed by atoms with Gasteiger partial charge in [0.25, 0.3) is 8.32 Å². The van der Waals surface area contributed by atoms with Gasteiger partial charge in [-0.3, -0.25) is 0 Å². The second kappa shape index (κ2) is 6.80. The second-order valence-electron chi connectivity index (χ2n) is 7.37. The third-order valence-electron chi connectivity index (χ3n) is 4.75. The summed E-state index contributed by atoms with van der Waals surface area (Å²) in [6.07, 6.45) is -0.394. The molecule has 0 saturated carbocycles. The molecule has 1 fully saturated rings. The highest BCUT2D eigenvalue weighted by Gasteiger charge is 2.52. The largest absolute Gasteiger partial charge is 0.399 e. The standard InChI is InChI=1S/C20H26O3Si/c1-20(2,3)24(16-10-6-4-7-11-16,17-12-8-5-9-13-17)23-18-14-15-22-19(18)21/h4-13,18-19,21H,14-15H2,1-3H3/t18-,19?/m1/s1. The number of rotatable bonds is 4. The maximum absolute atomic E-state index is 10.2. The van der Waals surface area contributed by atoms with Gasteiger partial charge in [0.05, 0.1) is 12.7 Å². The molecule has 128 valence electrons. The van der Waals surface area contributed by atoms with Gasteiger partial charge < -0.3 is 14.3 Å². The molecule has 1 aliphatic heterocycles. The Balaban J connectivity index is 2.17. The summed E-state index contributed by atoms with van der Waals surface area (Å²) in [6.45, 7) is 7.26. The Morgan fingerprint density at radius 3 is 1.83 bits per heavy atom. The summed E-state index contributed by atoms with van der Waals surface area (Å²) in [7, 11) is -2.60. The molecule has 3 rings (SSSR count). The van der Waals surface area contributed by atoms with Crippen LogP contribution in [0.2, 0.25) is 5.04 Å². The summed E-state index contributed by atoms with van der Waals surface area (Å²) in [4.78, 5) is 0. The number of ether oxygens (including phenoxy) is 1. The van der Waals surface area contributed by atoms with E-state index in [0.29, 0.717) is 6.61 Å². The van der Waals surface area contributed by atoms with Crippen molar-refractivity contribution in [2.24, 2.45) is 0 Å². The van der Waals surface area contributed by atoms with E-state index in [4.69, 9.17) is 9.16 Å². The molecule has 0 aliphatic carbocycles. The number of benzene rings is 2. The molecule has 4 heteroatoms. The summed E-state index contributed by atoms with van der Waals surface area (Å²) in [5, 5.41) is 12.6.